The van der Waals surface area contributed by atoms with Crippen molar-refractivity contribution in [2.75, 3.05) is 13.7 Å². The van der Waals surface area contributed by atoms with Gasteiger partial charge in [-0.05, 0) is 24.3 Å². The Balaban J connectivity index is 2.17. The summed E-state index contributed by atoms with van der Waals surface area (Å²) in [7, 11) is 1.58. The number of ketones is 1. The fraction of sp³-hybridized carbons (Fsp3) is 0.500. The van der Waals surface area contributed by atoms with Crippen LogP contribution in [-0.4, -0.2) is 25.6 Å². The second kappa shape index (κ2) is 4.11. The van der Waals surface area contributed by atoms with Crippen LogP contribution in [-0.2, 0) is 4.74 Å². The fourth-order valence-corrected chi connectivity index (χ4v) is 2.41. The Kier molecular flexibility index (Phi) is 2.84. The summed E-state index contributed by atoms with van der Waals surface area (Å²) in [6.45, 7) is 0.699. The summed E-state index contributed by atoms with van der Waals surface area (Å²) in [5.74, 6) is 0.727. The molecule has 0 radical (unpaired) electrons. The lowest BCUT2D eigenvalue weighted by molar-refractivity contribution is 0.0644. The average Bonchev–Trinajstić information content (AvgIpc) is 2.87. The number of hydrogen-bond acceptors (Lipinski definition) is 4. The number of carbonyl (C=O) groups is 1. The van der Waals surface area contributed by atoms with E-state index >= 15 is 0 Å². The molecule has 2 rings (SSSR count). The summed E-state index contributed by atoms with van der Waals surface area (Å²) in [5, 5.41) is 1.86. The van der Waals surface area contributed by atoms with Gasteiger partial charge in [0, 0.05) is 6.61 Å². The number of Topliss-reactive ketones (excluding diaryl/α,β-unsaturated/α-hetero) is 1. The van der Waals surface area contributed by atoms with Crippen LogP contribution in [0.5, 0.6) is 5.75 Å². The number of rotatable bonds is 3. The lowest BCUT2D eigenvalue weighted by Crippen LogP contribution is -2.18. The second-order valence-electron chi connectivity index (χ2n) is 3.18. The van der Waals surface area contributed by atoms with E-state index in [0.717, 1.165) is 12.8 Å². The molecular formula is C10H12O3S. The zero-order valence-corrected chi connectivity index (χ0v) is 8.80. The Hall–Kier alpha value is -0.870. The van der Waals surface area contributed by atoms with E-state index in [2.05, 4.69) is 0 Å². The Morgan fingerprint density at radius 3 is 3.21 bits per heavy atom. The SMILES string of the molecule is COc1ccsc1C(=O)C1CCCO1. The summed E-state index contributed by atoms with van der Waals surface area (Å²) in [6, 6.07) is 1.81. The summed E-state index contributed by atoms with van der Waals surface area (Å²) in [6.07, 6.45) is 1.56. The Morgan fingerprint density at radius 1 is 1.71 bits per heavy atom. The number of carbonyl (C=O) groups excluding carboxylic acids is 1. The maximum Gasteiger partial charge on any atom is 0.205 e. The molecule has 1 saturated heterocycles. The molecule has 1 aliphatic rings. The van der Waals surface area contributed by atoms with Gasteiger partial charge < -0.3 is 9.47 Å². The lowest BCUT2D eigenvalue weighted by Gasteiger charge is -2.07. The predicted molar refractivity (Wildman–Crippen MR) is 54.2 cm³/mol. The van der Waals surface area contributed by atoms with Crippen LogP contribution in [0.2, 0.25) is 0 Å². The van der Waals surface area contributed by atoms with Crippen molar-refractivity contribution in [3.63, 3.8) is 0 Å². The maximum atomic E-state index is 11.9. The highest BCUT2D eigenvalue weighted by Crippen LogP contribution is 2.28. The van der Waals surface area contributed by atoms with Crippen molar-refractivity contribution in [1.29, 1.82) is 0 Å². The summed E-state index contributed by atoms with van der Waals surface area (Å²) in [5.41, 5.74) is 0. The van der Waals surface area contributed by atoms with Gasteiger partial charge >= 0.3 is 0 Å². The minimum Gasteiger partial charge on any atom is -0.495 e. The molecule has 1 unspecified atom stereocenters. The third kappa shape index (κ3) is 1.67. The topological polar surface area (TPSA) is 35.5 Å². The monoisotopic (exact) mass is 212 g/mol. The third-order valence-corrected chi connectivity index (χ3v) is 3.21. The van der Waals surface area contributed by atoms with Crippen molar-refractivity contribution >= 4 is 17.1 Å². The number of ether oxygens (including phenoxy) is 2. The van der Waals surface area contributed by atoms with E-state index in [-0.39, 0.29) is 11.9 Å². The number of thiophene rings is 1. The molecular weight excluding hydrogens is 200 g/mol. The molecule has 0 aromatic carbocycles. The summed E-state index contributed by atoms with van der Waals surface area (Å²) >= 11 is 1.41. The minimum atomic E-state index is -0.248. The molecule has 0 N–H and O–H groups in total. The van der Waals surface area contributed by atoms with E-state index in [9.17, 15) is 4.79 Å². The molecule has 1 fully saturated rings. The first-order valence-corrected chi connectivity index (χ1v) is 5.48. The van der Waals surface area contributed by atoms with Gasteiger partial charge in [-0.25, -0.2) is 0 Å². The highest BCUT2D eigenvalue weighted by molar-refractivity contribution is 7.12. The first-order valence-electron chi connectivity index (χ1n) is 4.60. The van der Waals surface area contributed by atoms with Crippen LogP contribution in [0.4, 0.5) is 0 Å². The molecule has 1 atom stereocenters. The van der Waals surface area contributed by atoms with E-state index < -0.39 is 0 Å². The van der Waals surface area contributed by atoms with Gasteiger partial charge in [0.25, 0.3) is 0 Å². The molecule has 1 aromatic rings. The van der Waals surface area contributed by atoms with Gasteiger partial charge in [-0.15, -0.1) is 11.3 Å². The van der Waals surface area contributed by atoms with Crippen molar-refractivity contribution in [1.82, 2.24) is 0 Å². The van der Waals surface area contributed by atoms with E-state index in [1.165, 1.54) is 11.3 Å². The molecule has 1 aromatic heterocycles. The smallest absolute Gasteiger partial charge is 0.205 e. The molecule has 0 saturated carbocycles. The molecule has 0 bridgehead atoms. The van der Waals surface area contributed by atoms with E-state index in [4.69, 9.17) is 9.47 Å². The lowest BCUT2D eigenvalue weighted by atomic mass is 10.1. The van der Waals surface area contributed by atoms with Gasteiger partial charge in [0.15, 0.2) is 0 Å². The zero-order chi connectivity index (χ0) is 9.97. The first-order chi connectivity index (χ1) is 6.83. The fourth-order valence-electron chi connectivity index (χ4n) is 1.57. The minimum absolute atomic E-state index is 0.0642. The molecule has 1 aliphatic heterocycles. The van der Waals surface area contributed by atoms with Crippen LogP contribution in [0.1, 0.15) is 22.5 Å². The van der Waals surface area contributed by atoms with Crippen molar-refractivity contribution in [3.8, 4) is 5.75 Å². The summed E-state index contributed by atoms with van der Waals surface area (Å²) in [4.78, 5) is 12.6. The standard InChI is InChI=1S/C10H12O3S/c1-12-8-4-6-14-10(8)9(11)7-3-2-5-13-7/h4,6-7H,2-3,5H2,1H3. The Morgan fingerprint density at radius 2 is 2.57 bits per heavy atom. The van der Waals surface area contributed by atoms with Gasteiger partial charge in [0.1, 0.15) is 16.7 Å². The van der Waals surface area contributed by atoms with Gasteiger partial charge in [0.2, 0.25) is 5.78 Å². The van der Waals surface area contributed by atoms with Crippen LogP contribution < -0.4 is 4.74 Å². The van der Waals surface area contributed by atoms with Crippen LogP contribution in [0.3, 0.4) is 0 Å². The first kappa shape index (κ1) is 9.68. The highest BCUT2D eigenvalue weighted by Gasteiger charge is 2.27. The van der Waals surface area contributed by atoms with Crippen LogP contribution >= 0.6 is 11.3 Å². The van der Waals surface area contributed by atoms with Crippen LogP contribution in [0.25, 0.3) is 0 Å². The van der Waals surface area contributed by atoms with Crippen LogP contribution in [0, 0.1) is 0 Å². The van der Waals surface area contributed by atoms with E-state index in [1.54, 1.807) is 7.11 Å². The van der Waals surface area contributed by atoms with Gasteiger partial charge in [-0.1, -0.05) is 0 Å². The number of hydrogen-bond donors (Lipinski definition) is 0. The average molecular weight is 212 g/mol. The van der Waals surface area contributed by atoms with Crippen molar-refractivity contribution < 1.29 is 14.3 Å². The molecule has 76 valence electrons. The molecule has 0 aliphatic carbocycles. The predicted octanol–water partition coefficient (Wildman–Crippen LogP) is 2.12. The third-order valence-electron chi connectivity index (χ3n) is 2.29. The molecule has 3 nitrogen and oxygen atoms in total. The van der Waals surface area contributed by atoms with Crippen LogP contribution in [0.15, 0.2) is 11.4 Å². The number of methoxy groups -OCH3 is 1. The normalized spacial score (nSPS) is 21.1. The molecule has 2 heterocycles. The second-order valence-corrected chi connectivity index (χ2v) is 4.10. The van der Waals surface area contributed by atoms with Gasteiger partial charge in [-0.2, -0.15) is 0 Å². The molecule has 0 amide bonds. The van der Waals surface area contributed by atoms with E-state index in [0.29, 0.717) is 17.2 Å². The largest absolute Gasteiger partial charge is 0.495 e. The summed E-state index contributed by atoms with van der Waals surface area (Å²) < 4.78 is 10.4. The highest BCUT2D eigenvalue weighted by atomic mass is 32.1. The molecule has 0 spiro atoms. The van der Waals surface area contributed by atoms with E-state index in [1.807, 2.05) is 11.4 Å². The van der Waals surface area contributed by atoms with Gasteiger partial charge in [0.05, 0.1) is 7.11 Å². The Labute approximate surface area is 86.6 Å². The van der Waals surface area contributed by atoms with Crippen molar-refractivity contribution in [2.45, 2.75) is 18.9 Å². The van der Waals surface area contributed by atoms with Crippen molar-refractivity contribution in [2.24, 2.45) is 0 Å². The molecule has 4 heteroatoms. The zero-order valence-electron chi connectivity index (χ0n) is 7.99. The van der Waals surface area contributed by atoms with Gasteiger partial charge in [-0.3, -0.25) is 4.79 Å². The Bertz CT molecular complexity index is 326. The van der Waals surface area contributed by atoms with Crippen molar-refractivity contribution in [3.05, 3.63) is 16.3 Å². The quantitative estimate of drug-likeness (QED) is 0.720. The molecule has 14 heavy (non-hydrogen) atoms. The maximum absolute atomic E-state index is 11.9.